The third-order valence-electron chi connectivity index (χ3n) is 7.03. The van der Waals surface area contributed by atoms with Crippen LogP contribution in [0.4, 0.5) is 4.39 Å². The van der Waals surface area contributed by atoms with Crippen molar-refractivity contribution in [1.82, 2.24) is 10.6 Å². The highest BCUT2D eigenvalue weighted by Gasteiger charge is 2.52. The lowest BCUT2D eigenvalue weighted by Crippen LogP contribution is -2.43. The fourth-order valence-corrected chi connectivity index (χ4v) is 4.74. The van der Waals surface area contributed by atoms with E-state index in [4.69, 9.17) is 13.9 Å². The van der Waals surface area contributed by atoms with Gasteiger partial charge in [-0.3, -0.25) is 9.59 Å². The van der Waals surface area contributed by atoms with Crippen LogP contribution in [-0.4, -0.2) is 44.6 Å². The Bertz CT molecular complexity index is 1620. The Morgan fingerprint density at radius 3 is 2.26 bits per heavy atom. The van der Waals surface area contributed by atoms with Crippen LogP contribution >= 0.6 is 0 Å². The molecule has 1 saturated carbocycles. The van der Waals surface area contributed by atoms with Gasteiger partial charge in [-0.2, -0.15) is 0 Å². The van der Waals surface area contributed by atoms with Crippen LogP contribution in [0.5, 0.6) is 5.75 Å². The van der Waals surface area contributed by atoms with Crippen molar-refractivity contribution in [2.45, 2.75) is 25.3 Å². The maximum Gasteiger partial charge on any atom is 0.331 e. The van der Waals surface area contributed by atoms with Gasteiger partial charge < -0.3 is 24.5 Å². The third-order valence-corrected chi connectivity index (χ3v) is 7.03. The first kappa shape index (κ1) is 26.0. The van der Waals surface area contributed by atoms with Gasteiger partial charge in [-0.1, -0.05) is 6.07 Å². The number of hydrogen-bond donors (Lipinski definition) is 2. The molecule has 1 heterocycles. The number of methoxy groups -OCH3 is 2. The fraction of sp³-hybridized carbons (Fsp3) is 0.233. The molecular weight excluding hydrogens is 503 g/mol. The summed E-state index contributed by atoms with van der Waals surface area (Å²) in [6.07, 6.45) is 1.00. The van der Waals surface area contributed by atoms with Crippen LogP contribution in [0, 0.1) is 12.7 Å². The number of esters is 1. The number of fused-ring (bicyclic) bond motifs is 1. The Kier molecular flexibility index (Phi) is 6.59. The molecule has 0 radical (unpaired) electrons. The maximum absolute atomic E-state index is 13.5. The van der Waals surface area contributed by atoms with Crippen LogP contribution in [0.1, 0.15) is 39.1 Å². The van der Waals surface area contributed by atoms with E-state index in [1.165, 1.54) is 33.4 Å². The summed E-state index contributed by atoms with van der Waals surface area (Å²) in [5, 5.41) is 6.02. The molecule has 0 aliphatic heterocycles. The Hall–Kier alpha value is -4.66. The number of furan rings is 1. The molecule has 0 bridgehead atoms. The normalized spacial score (nSPS) is 13.6. The predicted octanol–water partition coefficient (Wildman–Crippen LogP) is 5.02. The summed E-state index contributed by atoms with van der Waals surface area (Å²) in [4.78, 5) is 38.4. The van der Waals surface area contributed by atoms with E-state index in [1.54, 1.807) is 30.3 Å². The largest absolute Gasteiger partial charge is 0.496 e. The number of rotatable bonds is 7. The number of amides is 2. The molecule has 4 aromatic rings. The zero-order chi connectivity index (χ0) is 27.9. The van der Waals surface area contributed by atoms with Gasteiger partial charge in [0.2, 0.25) is 0 Å². The van der Waals surface area contributed by atoms with E-state index in [0.29, 0.717) is 46.4 Å². The van der Waals surface area contributed by atoms with Crippen molar-refractivity contribution in [2.24, 2.45) is 0 Å². The number of carbonyl (C=O) groups is 3. The number of nitrogens with one attached hydrogen (secondary N) is 2. The smallest absolute Gasteiger partial charge is 0.331 e. The van der Waals surface area contributed by atoms with E-state index in [2.05, 4.69) is 10.6 Å². The minimum atomic E-state index is -1.02. The molecule has 3 aromatic carbocycles. The lowest BCUT2D eigenvalue weighted by molar-refractivity contribution is -0.144. The van der Waals surface area contributed by atoms with Gasteiger partial charge in [-0.25, -0.2) is 9.18 Å². The average molecular weight is 531 g/mol. The highest BCUT2D eigenvalue weighted by Crippen LogP contribution is 2.40. The third kappa shape index (κ3) is 4.60. The summed E-state index contributed by atoms with van der Waals surface area (Å²) in [6.45, 7) is 1.89. The zero-order valence-electron chi connectivity index (χ0n) is 21.9. The van der Waals surface area contributed by atoms with E-state index in [0.717, 1.165) is 16.7 Å². The van der Waals surface area contributed by atoms with Crippen molar-refractivity contribution in [1.29, 1.82) is 0 Å². The number of aryl methyl sites for hydroxylation is 1. The molecule has 1 aliphatic rings. The SMILES string of the molecule is CNC(=O)c1c(-c2ccc(F)cc2)oc2ccc(-c3cc(C(=O)NC4(C(=O)OC)CC4)c(OC)cc3C)cc12. The molecule has 0 unspecified atom stereocenters. The van der Waals surface area contributed by atoms with Crippen LogP contribution < -0.4 is 15.4 Å². The van der Waals surface area contributed by atoms with E-state index in [-0.39, 0.29) is 11.5 Å². The van der Waals surface area contributed by atoms with Crippen LogP contribution in [0.2, 0.25) is 0 Å². The fourth-order valence-electron chi connectivity index (χ4n) is 4.74. The van der Waals surface area contributed by atoms with E-state index >= 15 is 0 Å². The number of ether oxygens (including phenoxy) is 2. The Morgan fingerprint density at radius 2 is 1.64 bits per heavy atom. The quantitative estimate of drug-likeness (QED) is 0.325. The first-order valence-electron chi connectivity index (χ1n) is 12.4. The monoisotopic (exact) mass is 530 g/mol. The van der Waals surface area contributed by atoms with Crippen molar-refractivity contribution in [3.8, 4) is 28.2 Å². The van der Waals surface area contributed by atoms with Gasteiger partial charge in [0, 0.05) is 18.0 Å². The summed E-state index contributed by atoms with van der Waals surface area (Å²) in [7, 11) is 4.29. The van der Waals surface area contributed by atoms with Crippen molar-refractivity contribution in [2.75, 3.05) is 21.3 Å². The van der Waals surface area contributed by atoms with Crippen molar-refractivity contribution in [3.05, 3.63) is 77.1 Å². The first-order valence-corrected chi connectivity index (χ1v) is 12.4. The van der Waals surface area contributed by atoms with Crippen LogP contribution in [0.25, 0.3) is 33.4 Å². The lowest BCUT2D eigenvalue weighted by atomic mass is 9.95. The molecule has 200 valence electrons. The Labute approximate surface area is 224 Å². The predicted molar refractivity (Wildman–Crippen MR) is 143 cm³/mol. The van der Waals surface area contributed by atoms with E-state index in [1.807, 2.05) is 19.1 Å². The Balaban J connectivity index is 1.61. The molecule has 1 aliphatic carbocycles. The van der Waals surface area contributed by atoms with Crippen LogP contribution in [0.3, 0.4) is 0 Å². The molecule has 8 nitrogen and oxygen atoms in total. The highest BCUT2D eigenvalue weighted by molar-refractivity contribution is 6.12. The topological polar surface area (TPSA) is 107 Å². The second-order valence-corrected chi connectivity index (χ2v) is 9.50. The van der Waals surface area contributed by atoms with Crippen LogP contribution in [-0.2, 0) is 9.53 Å². The summed E-state index contributed by atoms with van der Waals surface area (Å²) < 4.78 is 29.9. The van der Waals surface area contributed by atoms with Gasteiger partial charge in [-0.15, -0.1) is 0 Å². The molecule has 1 aromatic heterocycles. The summed E-state index contributed by atoms with van der Waals surface area (Å²) >= 11 is 0. The minimum absolute atomic E-state index is 0.263. The molecule has 2 N–H and O–H groups in total. The second kappa shape index (κ2) is 9.90. The number of carbonyl (C=O) groups excluding carboxylic acids is 3. The minimum Gasteiger partial charge on any atom is -0.496 e. The maximum atomic E-state index is 13.5. The molecule has 2 amide bonds. The van der Waals surface area contributed by atoms with E-state index < -0.39 is 23.2 Å². The number of benzene rings is 3. The number of halogens is 1. The molecule has 0 saturated heterocycles. The molecular formula is C30H27FN2O6. The molecule has 0 atom stereocenters. The molecule has 39 heavy (non-hydrogen) atoms. The van der Waals surface area contributed by atoms with Crippen molar-refractivity contribution in [3.63, 3.8) is 0 Å². The second-order valence-electron chi connectivity index (χ2n) is 9.50. The average Bonchev–Trinajstić information content (AvgIpc) is 3.63. The van der Waals surface area contributed by atoms with Gasteiger partial charge >= 0.3 is 5.97 Å². The highest BCUT2D eigenvalue weighted by atomic mass is 19.1. The van der Waals surface area contributed by atoms with Crippen LogP contribution in [0.15, 0.2) is 59.0 Å². The van der Waals surface area contributed by atoms with Gasteiger partial charge in [0.25, 0.3) is 11.8 Å². The zero-order valence-corrected chi connectivity index (χ0v) is 21.9. The molecule has 1 fully saturated rings. The van der Waals surface area contributed by atoms with Gasteiger partial charge in [0.1, 0.15) is 28.4 Å². The van der Waals surface area contributed by atoms with Gasteiger partial charge in [0.15, 0.2) is 0 Å². The van der Waals surface area contributed by atoms with Gasteiger partial charge in [-0.05, 0) is 85.0 Å². The summed E-state index contributed by atoms with van der Waals surface area (Å²) in [5.74, 6) is -0.993. The number of hydrogen-bond acceptors (Lipinski definition) is 6. The van der Waals surface area contributed by atoms with E-state index in [9.17, 15) is 18.8 Å². The molecule has 9 heteroatoms. The van der Waals surface area contributed by atoms with Crippen molar-refractivity contribution < 1.29 is 32.7 Å². The molecule has 0 spiro atoms. The first-order chi connectivity index (χ1) is 18.7. The lowest BCUT2D eigenvalue weighted by Gasteiger charge is -2.18. The standard InChI is InChI=1S/C30H27FN2O6/c1-16-13-24(37-3)22(27(34)33-30(11-12-30)29(36)38-4)15-20(16)18-7-10-23-21(14-18)25(28(35)32-2)26(39-23)17-5-8-19(31)9-6-17/h5-10,13-15H,11-12H2,1-4H3,(H,32,35)(H,33,34). The Morgan fingerprint density at radius 1 is 0.949 bits per heavy atom. The van der Waals surface area contributed by atoms with Crippen molar-refractivity contribution >= 4 is 28.8 Å². The summed E-state index contributed by atoms with van der Waals surface area (Å²) in [5.41, 5.74) is 2.91. The van der Waals surface area contributed by atoms with Gasteiger partial charge in [0.05, 0.1) is 25.3 Å². The molecule has 5 rings (SSSR count). The summed E-state index contributed by atoms with van der Waals surface area (Å²) in [6, 6.07) is 14.6.